The van der Waals surface area contributed by atoms with Crippen molar-refractivity contribution >= 4 is 81.8 Å². The average Bonchev–Trinajstić information content (AvgIpc) is 3.48. The van der Waals surface area contributed by atoms with Crippen molar-refractivity contribution in [2.45, 2.75) is 59.5 Å². The van der Waals surface area contributed by atoms with Crippen LogP contribution in [0.2, 0.25) is 0 Å². The molecule has 13 heteroatoms. The van der Waals surface area contributed by atoms with E-state index in [9.17, 15) is 10.2 Å². The summed E-state index contributed by atoms with van der Waals surface area (Å²) in [6.07, 6.45) is 2.26. The van der Waals surface area contributed by atoms with Crippen LogP contribution in [0.4, 0.5) is 34.1 Å². The number of benzene rings is 8. The third kappa shape index (κ3) is 16.4. The molecule has 0 saturated heterocycles. The van der Waals surface area contributed by atoms with Crippen LogP contribution >= 0.6 is 35.3 Å². The molecule has 0 aliphatic heterocycles. The molecule has 2 atom stereocenters. The van der Waals surface area contributed by atoms with Crippen LogP contribution in [0, 0.1) is 0 Å². The van der Waals surface area contributed by atoms with Gasteiger partial charge in [0.05, 0.1) is 47.4 Å². The van der Waals surface area contributed by atoms with Crippen LogP contribution in [0.25, 0.3) is 0 Å². The summed E-state index contributed by atoms with van der Waals surface area (Å²) >= 11 is 4.90. The van der Waals surface area contributed by atoms with Gasteiger partial charge in [0.2, 0.25) is 0 Å². The summed E-state index contributed by atoms with van der Waals surface area (Å²) in [7, 11) is 0. The summed E-state index contributed by atoms with van der Waals surface area (Å²) in [6, 6.07) is 69.5. The van der Waals surface area contributed by atoms with Gasteiger partial charge in [0.25, 0.3) is 0 Å². The van der Waals surface area contributed by atoms with Crippen LogP contribution in [0.3, 0.4) is 0 Å². The Morgan fingerprint density at radius 2 is 0.714 bits per heavy atom. The van der Waals surface area contributed by atoms with Gasteiger partial charge in [-0.25, -0.2) is 10.0 Å². The molecule has 396 valence electrons. The summed E-state index contributed by atoms with van der Waals surface area (Å²) < 4.78 is 12.8. The zero-order chi connectivity index (χ0) is 53.6. The second-order valence-electron chi connectivity index (χ2n) is 17.8. The topological polar surface area (TPSA) is 96.6 Å². The van der Waals surface area contributed by atoms with E-state index in [0.29, 0.717) is 23.0 Å². The van der Waals surface area contributed by atoms with E-state index < -0.39 is 12.2 Å². The van der Waals surface area contributed by atoms with Crippen molar-refractivity contribution in [3.8, 4) is 11.5 Å². The van der Waals surface area contributed by atoms with Gasteiger partial charge in [-0.05, 0) is 149 Å². The number of nitrogens with zero attached hydrogens (tertiary/aromatic N) is 6. The number of hydrogen-bond donors (Lipinski definition) is 2. The first kappa shape index (κ1) is 56.1. The van der Waals surface area contributed by atoms with Gasteiger partial charge in [0.1, 0.15) is 24.7 Å². The minimum atomic E-state index is -0.698. The molecule has 0 aliphatic rings. The molecule has 0 saturated carbocycles. The van der Waals surface area contributed by atoms with Gasteiger partial charge in [-0.1, -0.05) is 84.6 Å². The lowest BCUT2D eigenvalue weighted by atomic mass is 10.1. The average molecular weight is 1080 g/mol. The lowest BCUT2D eigenvalue weighted by Gasteiger charge is -2.23. The summed E-state index contributed by atoms with van der Waals surface area (Å²) in [5, 5.41) is 36.0. The summed E-state index contributed by atoms with van der Waals surface area (Å²) in [5.41, 5.74) is 7.52. The van der Waals surface area contributed by atoms with Gasteiger partial charge in [-0.2, -0.15) is 10.2 Å². The van der Waals surface area contributed by atoms with E-state index in [2.05, 4.69) is 98.2 Å². The van der Waals surface area contributed by atoms with Crippen LogP contribution in [0.5, 0.6) is 11.5 Å². The Kier molecular flexibility index (Phi) is 21.4. The molecule has 0 bridgehead atoms. The van der Waals surface area contributed by atoms with Crippen LogP contribution in [0.1, 0.15) is 38.8 Å². The van der Waals surface area contributed by atoms with Gasteiger partial charge >= 0.3 is 0 Å². The fourth-order valence-corrected chi connectivity index (χ4v) is 10.8. The van der Waals surface area contributed by atoms with E-state index in [1.165, 1.54) is 0 Å². The lowest BCUT2D eigenvalue weighted by Crippen LogP contribution is -2.23. The van der Waals surface area contributed by atoms with Crippen molar-refractivity contribution in [2.24, 2.45) is 10.2 Å². The molecule has 8 rings (SSSR count). The van der Waals surface area contributed by atoms with Gasteiger partial charge < -0.3 is 29.5 Å². The maximum Gasteiger partial charge on any atom is 0.130 e. The maximum absolute atomic E-state index is 11.2. The van der Waals surface area contributed by atoms with E-state index in [1.54, 1.807) is 35.3 Å². The number of rotatable bonds is 28. The third-order valence-electron chi connectivity index (χ3n) is 12.5. The Balaban J connectivity index is 0.824. The van der Waals surface area contributed by atoms with Gasteiger partial charge in [-0.15, -0.1) is 23.5 Å². The van der Waals surface area contributed by atoms with Crippen molar-refractivity contribution in [1.29, 1.82) is 0 Å². The number of anilines is 6. The number of thioether (sulfide) groups is 2. The fraction of sp³-hybridized carbons (Fsp3) is 0.219. The first-order valence-electron chi connectivity index (χ1n) is 26.2. The van der Waals surface area contributed by atoms with E-state index in [0.717, 1.165) is 91.0 Å². The summed E-state index contributed by atoms with van der Waals surface area (Å²) in [4.78, 5) is 8.93. The minimum absolute atomic E-state index is 0.138. The van der Waals surface area contributed by atoms with Gasteiger partial charge in [-0.3, -0.25) is 0 Å². The molecule has 0 aliphatic carbocycles. The number of aliphatic hydroxyl groups is 2. The van der Waals surface area contributed by atoms with E-state index in [1.807, 2.05) is 168 Å². The molecule has 2 unspecified atom stereocenters. The van der Waals surface area contributed by atoms with Crippen molar-refractivity contribution < 1.29 is 19.7 Å². The molecule has 10 nitrogen and oxygen atoms in total. The minimum Gasteiger partial charge on any atom is -0.490 e. The molecule has 8 aromatic carbocycles. The Morgan fingerprint density at radius 3 is 1.03 bits per heavy atom. The zero-order valence-corrected chi connectivity index (χ0v) is 46.7. The number of hydrazone groups is 2. The highest BCUT2D eigenvalue weighted by molar-refractivity contribution is 8.00. The summed E-state index contributed by atoms with van der Waals surface area (Å²) in [6.45, 7) is 12.3. The Labute approximate surface area is 468 Å². The number of ether oxygens (including phenoxy) is 2. The van der Waals surface area contributed by atoms with Crippen LogP contribution < -0.4 is 29.3 Å². The molecule has 0 heterocycles. The standard InChI is InChI=1S/C64H68N6O4S3/c1-5-67(6-2)55-31-29-49(43-65-69(51-21-13-9-14-22-51)52-23-15-10-16-24-52)63(41-55)73-45-57(71)47-75-59-33-37-61(38-34-59)77-62-39-35-60(36-40-62)76-48-58(72)46-74-64-42-56(68(7-3)8-4)32-30-50(64)44-66-70(53-25-17-11-18-26-53)54-27-19-12-20-28-54/h9-44,57-58,71-72H,5-8,45-48H2,1-4H3. The first-order chi connectivity index (χ1) is 37.8. The smallest absolute Gasteiger partial charge is 0.130 e. The monoisotopic (exact) mass is 1080 g/mol. The normalized spacial score (nSPS) is 12.1. The second kappa shape index (κ2) is 29.4. The van der Waals surface area contributed by atoms with E-state index >= 15 is 0 Å². The largest absolute Gasteiger partial charge is 0.490 e. The number of para-hydroxylation sites is 4. The summed E-state index contributed by atoms with van der Waals surface area (Å²) in [5.74, 6) is 2.28. The molecule has 0 amide bonds. The highest BCUT2D eigenvalue weighted by atomic mass is 32.2. The van der Waals surface area contributed by atoms with Gasteiger partial charge in [0, 0.05) is 91.9 Å². The Bertz CT molecular complexity index is 2770. The lowest BCUT2D eigenvalue weighted by molar-refractivity contribution is 0.126. The molecule has 2 N–H and O–H groups in total. The molecule has 0 spiro atoms. The molecule has 8 aromatic rings. The number of aliphatic hydroxyl groups excluding tert-OH is 2. The van der Waals surface area contributed by atoms with Crippen molar-refractivity contribution in [2.75, 3.05) is 70.7 Å². The Hall–Kier alpha value is -7.13. The van der Waals surface area contributed by atoms with E-state index in [-0.39, 0.29) is 13.2 Å². The highest BCUT2D eigenvalue weighted by Gasteiger charge is 2.16. The predicted octanol–water partition coefficient (Wildman–Crippen LogP) is 14.9. The van der Waals surface area contributed by atoms with Crippen molar-refractivity contribution in [3.63, 3.8) is 0 Å². The fourth-order valence-electron chi connectivity index (χ4n) is 8.36. The molecule has 0 fully saturated rings. The zero-order valence-electron chi connectivity index (χ0n) is 44.2. The first-order valence-corrected chi connectivity index (χ1v) is 29.0. The van der Waals surface area contributed by atoms with Crippen molar-refractivity contribution in [1.82, 2.24) is 0 Å². The molecular formula is C64H68N6O4S3. The van der Waals surface area contributed by atoms with E-state index in [4.69, 9.17) is 19.7 Å². The predicted molar refractivity (Wildman–Crippen MR) is 327 cm³/mol. The van der Waals surface area contributed by atoms with Gasteiger partial charge in [0.15, 0.2) is 0 Å². The Morgan fingerprint density at radius 1 is 0.403 bits per heavy atom. The quantitative estimate of drug-likeness (QED) is 0.0279. The van der Waals surface area contributed by atoms with Crippen LogP contribution in [-0.2, 0) is 0 Å². The van der Waals surface area contributed by atoms with Crippen LogP contribution in [-0.4, -0.2) is 85.7 Å². The molecule has 0 aromatic heterocycles. The SMILES string of the molecule is CCN(CC)c1ccc(C=NN(c2ccccc2)c2ccccc2)c(OCC(O)CSc2ccc(Sc3ccc(SCC(O)COc4cc(N(CC)CC)ccc4C=NN(c4ccccc4)c4ccccc4)cc3)cc2)c1. The molecule has 77 heavy (non-hydrogen) atoms. The highest BCUT2D eigenvalue weighted by Crippen LogP contribution is 2.34. The third-order valence-corrected chi connectivity index (χ3v) is 15.8. The van der Waals surface area contributed by atoms with Crippen LogP contribution in [0.15, 0.2) is 236 Å². The van der Waals surface area contributed by atoms with Crippen molar-refractivity contribution in [3.05, 3.63) is 217 Å². The molecular weight excluding hydrogens is 1010 g/mol. The number of hydrogen-bond acceptors (Lipinski definition) is 13. The maximum atomic E-state index is 11.2. The second-order valence-corrected chi connectivity index (χ2v) is 21.2. The molecule has 0 radical (unpaired) electrons.